The third-order valence-corrected chi connectivity index (χ3v) is 4.79. The normalized spacial score (nSPS) is 13.8. The van der Waals surface area contributed by atoms with E-state index in [4.69, 9.17) is 0 Å². The molecule has 102 valence electrons. The molecule has 0 saturated carbocycles. The van der Waals surface area contributed by atoms with E-state index in [0.717, 1.165) is 11.1 Å². The first-order chi connectivity index (χ1) is 9.48. The summed E-state index contributed by atoms with van der Waals surface area (Å²) in [7, 11) is -1.20. The lowest BCUT2D eigenvalue weighted by atomic mass is 10.1. The minimum Gasteiger partial charge on any atom is -0.261 e. The quantitative estimate of drug-likeness (QED) is 0.617. The van der Waals surface area contributed by atoms with Crippen molar-refractivity contribution in [1.82, 2.24) is 0 Å². The molecule has 2 nitrogen and oxygen atoms in total. The van der Waals surface area contributed by atoms with Gasteiger partial charge in [0.1, 0.15) is 0 Å². The Balaban J connectivity index is 2.22. The summed E-state index contributed by atoms with van der Waals surface area (Å²) in [6.45, 7) is 0. The standard InChI is InChI=1S/C14H8F3NOS/c15-14(16,17)13(19)18-20-11-7-3-1-5-9(11)10-6-2-4-8-12(10)20/h1-8H. The molecule has 1 heterocycles. The Morgan fingerprint density at radius 1 is 0.900 bits per heavy atom. The second kappa shape index (κ2) is 4.56. The van der Waals surface area contributed by atoms with E-state index in [1.165, 1.54) is 0 Å². The molecular weight excluding hydrogens is 287 g/mol. The van der Waals surface area contributed by atoms with Gasteiger partial charge in [0, 0.05) is 9.79 Å². The minimum atomic E-state index is -4.93. The molecule has 0 spiro atoms. The molecule has 0 atom stereocenters. The molecule has 1 aliphatic heterocycles. The van der Waals surface area contributed by atoms with Crippen molar-refractivity contribution in [3.05, 3.63) is 48.5 Å². The number of carbonyl (C=O) groups excluding carboxylic acids is 1. The van der Waals surface area contributed by atoms with Gasteiger partial charge in [-0.2, -0.15) is 17.5 Å². The predicted molar refractivity (Wildman–Crippen MR) is 69.3 cm³/mol. The molecule has 2 aromatic carbocycles. The van der Waals surface area contributed by atoms with Crippen LogP contribution in [-0.2, 0) is 15.5 Å². The monoisotopic (exact) mass is 295 g/mol. The van der Waals surface area contributed by atoms with Crippen molar-refractivity contribution >= 4 is 16.6 Å². The molecule has 0 N–H and O–H groups in total. The maximum Gasteiger partial charge on any atom is 0.474 e. The van der Waals surface area contributed by atoms with E-state index in [1.54, 1.807) is 24.3 Å². The zero-order chi connectivity index (χ0) is 14.3. The molecule has 0 radical (unpaired) electrons. The van der Waals surface area contributed by atoms with Gasteiger partial charge in [0.25, 0.3) is 0 Å². The van der Waals surface area contributed by atoms with Crippen LogP contribution in [0.25, 0.3) is 11.1 Å². The molecule has 0 unspecified atom stereocenters. The second-order valence-electron chi connectivity index (χ2n) is 4.17. The molecule has 20 heavy (non-hydrogen) atoms. The highest BCUT2D eigenvalue weighted by atomic mass is 32.2. The molecule has 1 amide bonds. The van der Waals surface area contributed by atoms with Gasteiger partial charge in [-0.05, 0) is 34.0 Å². The molecule has 0 saturated heterocycles. The molecule has 1 aliphatic rings. The van der Waals surface area contributed by atoms with Crippen LogP contribution in [0.1, 0.15) is 0 Å². The summed E-state index contributed by atoms with van der Waals surface area (Å²) in [5, 5.41) is 0. The van der Waals surface area contributed by atoms with Gasteiger partial charge in [0.15, 0.2) is 0 Å². The summed E-state index contributed by atoms with van der Waals surface area (Å²) in [5.74, 6) is -2.03. The summed E-state index contributed by atoms with van der Waals surface area (Å²) in [6, 6.07) is 14.2. The van der Waals surface area contributed by atoms with Gasteiger partial charge in [-0.15, -0.1) is 0 Å². The maximum atomic E-state index is 12.4. The number of nitrogens with zero attached hydrogens (tertiary/aromatic N) is 1. The first-order valence-corrected chi connectivity index (χ1v) is 6.92. The van der Waals surface area contributed by atoms with Crippen LogP contribution in [0.15, 0.2) is 62.7 Å². The number of fused-ring (bicyclic) bond motifs is 3. The summed E-state index contributed by atoms with van der Waals surface area (Å²) >= 11 is 0. The van der Waals surface area contributed by atoms with Crippen LogP contribution in [0.2, 0.25) is 0 Å². The number of hydrogen-bond acceptors (Lipinski definition) is 1. The van der Waals surface area contributed by atoms with Crippen LogP contribution in [0, 0.1) is 0 Å². The molecule has 0 aliphatic carbocycles. The summed E-state index contributed by atoms with van der Waals surface area (Å²) in [4.78, 5) is 12.5. The van der Waals surface area contributed by atoms with Gasteiger partial charge in [-0.25, -0.2) is 0 Å². The van der Waals surface area contributed by atoms with Crippen LogP contribution in [0.4, 0.5) is 13.2 Å². The van der Waals surface area contributed by atoms with Crippen LogP contribution in [-0.4, -0.2) is 12.1 Å². The van der Waals surface area contributed by atoms with Crippen molar-refractivity contribution in [2.45, 2.75) is 16.0 Å². The minimum absolute atomic E-state index is 0.659. The van der Waals surface area contributed by atoms with Crippen molar-refractivity contribution in [1.29, 1.82) is 0 Å². The van der Waals surface area contributed by atoms with Crippen LogP contribution in [0.5, 0.6) is 0 Å². The fourth-order valence-electron chi connectivity index (χ4n) is 2.07. The summed E-state index contributed by atoms with van der Waals surface area (Å²) in [5.41, 5.74) is 1.68. The van der Waals surface area contributed by atoms with Gasteiger partial charge in [-0.1, -0.05) is 36.4 Å². The van der Waals surface area contributed by atoms with E-state index in [0.29, 0.717) is 9.79 Å². The number of benzene rings is 2. The van der Waals surface area contributed by atoms with E-state index in [2.05, 4.69) is 4.36 Å². The van der Waals surface area contributed by atoms with Crippen molar-refractivity contribution < 1.29 is 18.0 Å². The van der Waals surface area contributed by atoms with Crippen molar-refractivity contribution in [2.24, 2.45) is 4.36 Å². The number of amides is 1. The molecule has 3 rings (SSSR count). The van der Waals surface area contributed by atoms with Crippen molar-refractivity contribution in [2.75, 3.05) is 0 Å². The Kier molecular flexibility index (Phi) is 2.97. The van der Waals surface area contributed by atoms with Crippen molar-refractivity contribution in [3.8, 4) is 11.1 Å². The molecular formula is C14H8F3NOS. The third-order valence-electron chi connectivity index (χ3n) is 2.90. The van der Waals surface area contributed by atoms with E-state index < -0.39 is 22.8 Å². The molecule has 0 bridgehead atoms. The van der Waals surface area contributed by atoms with Crippen LogP contribution < -0.4 is 0 Å². The lowest BCUT2D eigenvalue weighted by molar-refractivity contribution is -0.169. The summed E-state index contributed by atoms with van der Waals surface area (Å²) in [6.07, 6.45) is -4.93. The van der Waals surface area contributed by atoms with E-state index >= 15 is 0 Å². The molecule has 0 aromatic heterocycles. The third kappa shape index (κ3) is 2.06. The highest BCUT2D eigenvalue weighted by molar-refractivity contribution is 7.88. The fraction of sp³-hybridized carbons (Fsp3) is 0.0714. The van der Waals surface area contributed by atoms with E-state index in [9.17, 15) is 18.0 Å². The number of alkyl halides is 3. The van der Waals surface area contributed by atoms with Crippen LogP contribution in [0.3, 0.4) is 0 Å². The number of hydrogen-bond donors (Lipinski definition) is 0. The van der Waals surface area contributed by atoms with E-state index in [-0.39, 0.29) is 0 Å². The largest absolute Gasteiger partial charge is 0.474 e. The van der Waals surface area contributed by atoms with Gasteiger partial charge in [0.2, 0.25) is 0 Å². The zero-order valence-corrected chi connectivity index (χ0v) is 10.8. The second-order valence-corrected chi connectivity index (χ2v) is 5.80. The number of carbonyl (C=O) groups is 1. The number of rotatable bonds is 0. The zero-order valence-electron chi connectivity index (χ0n) is 10.0. The highest BCUT2D eigenvalue weighted by Gasteiger charge is 2.39. The van der Waals surface area contributed by atoms with Gasteiger partial charge < -0.3 is 0 Å². The Morgan fingerprint density at radius 2 is 1.35 bits per heavy atom. The first-order valence-electron chi connectivity index (χ1n) is 5.74. The lowest BCUT2D eigenvalue weighted by Crippen LogP contribution is -2.20. The molecule has 0 fully saturated rings. The van der Waals surface area contributed by atoms with Crippen molar-refractivity contribution in [3.63, 3.8) is 0 Å². The van der Waals surface area contributed by atoms with Gasteiger partial charge in [-0.3, -0.25) is 4.79 Å². The lowest BCUT2D eigenvalue weighted by Gasteiger charge is -2.04. The smallest absolute Gasteiger partial charge is 0.261 e. The predicted octanol–water partition coefficient (Wildman–Crippen LogP) is 3.98. The topological polar surface area (TPSA) is 29.4 Å². The molecule has 6 heteroatoms. The summed E-state index contributed by atoms with van der Waals surface area (Å²) < 4.78 is 40.6. The average molecular weight is 295 g/mol. The Morgan fingerprint density at radius 3 is 1.80 bits per heavy atom. The van der Waals surface area contributed by atoms with E-state index in [1.807, 2.05) is 24.3 Å². The molecule has 2 aromatic rings. The SMILES string of the molecule is O=C(N=S1c2ccccc2-c2ccccc21)C(F)(F)F. The van der Waals surface area contributed by atoms with Gasteiger partial charge in [0.05, 0.1) is 0 Å². The highest BCUT2D eigenvalue weighted by Crippen LogP contribution is 2.41. The Hall–Kier alpha value is -1.95. The Bertz CT molecular complexity index is 690. The number of halogens is 3. The average Bonchev–Trinajstić information content (AvgIpc) is 2.73. The van der Waals surface area contributed by atoms with Crippen LogP contribution >= 0.6 is 0 Å². The first kappa shape index (κ1) is 13.1. The Labute approximate surface area is 115 Å². The van der Waals surface area contributed by atoms with Gasteiger partial charge >= 0.3 is 12.1 Å². The fourth-order valence-corrected chi connectivity index (χ4v) is 3.96. The maximum absolute atomic E-state index is 12.4.